The zero-order chi connectivity index (χ0) is 25.2. The molecule has 0 saturated heterocycles. The number of nitrogens with zero attached hydrogens (tertiary/aromatic N) is 4. The van der Waals surface area contributed by atoms with Gasteiger partial charge in [-0.1, -0.05) is 45.0 Å². The first kappa shape index (κ1) is 24.3. The second-order valence-corrected chi connectivity index (χ2v) is 9.91. The van der Waals surface area contributed by atoms with Gasteiger partial charge in [-0.25, -0.2) is 4.79 Å². The predicted molar refractivity (Wildman–Crippen MR) is 131 cm³/mol. The van der Waals surface area contributed by atoms with Gasteiger partial charge in [-0.3, -0.25) is 0 Å². The van der Waals surface area contributed by atoms with Gasteiger partial charge in [-0.15, -0.1) is 0 Å². The first-order valence-corrected chi connectivity index (χ1v) is 11.8. The Morgan fingerprint density at radius 3 is 2.71 bits per heavy atom. The maximum atomic E-state index is 11.7. The number of nitriles is 1. The van der Waals surface area contributed by atoms with Crippen molar-refractivity contribution in [2.24, 2.45) is 5.41 Å². The van der Waals surface area contributed by atoms with Gasteiger partial charge in [0.2, 0.25) is 5.82 Å². The molecule has 1 amide bonds. The third-order valence-corrected chi connectivity index (χ3v) is 6.38. The van der Waals surface area contributed by atoms with E-state index in [2.05, 4.69) is 43.0 Å². The number of carbonyl (C=O) groups is 1. The lowest BCUT2D eigenvalue weighted by molar-refractivity contribution is 0.135. The van der Waals surface area contributed by atoms with Crippen molar-refractivity contribution in [1.29, 1.82) is 5.26 Å². The Labute approximate surface area is 205 Å². The summed E-state index contributed by atoms with van der Waals surface area (Å²) in [6, 6.07) is 13.5. The van der Waals surface area contributed by atoms with Gasteiger partial charge >= 0.3 is 6.09 Å². The molecule has 2 heterocycles. The van der Waals surface area contributed by atoms with Crippen LogP contribution in [0, 0.1) is 16.7 Å². The number of fused-ring (bicyclic) bond motifs is 1. The van der Waals surface area contributed by atoms with Crippen LogP contribution < -0.4 is 4.74 Å². The van der Waals surface area contributed by atoms with Gasteiger partial charge in [0.05, 0.1) is 12.2 Å². The van der Waals surface area contributed by atoms with E-state index >= 15 is 0 Å². The van der Waals surface area contributed by atoms with E-state index in [1.807, 2.05) is 19.1 Å². The Hall–Kier alpha value is -3.86. The van der Waals surface area contributed by atoms with Crippen molar-refractivity contribution in [3.63, 3.8) is 0 Å². The Morgan fingerprint density at radius 1 is 1.26 bits per heavy atom. The number of ether oxygens (including phenoxy) is 1. The standard InChI is InChI=1S/C27H30N4O4/c1-5-12-34-23-9-7-19(14-20(23)15-28)25-29-24(30-35-25)18-6-8-21-17(13-18)10-11-31(26(32)33)16-22(21)27(2,3)4/h6-9,13-14,22H,5,10-12,16H2,1-4H3,(H,32,33). The van der Waals surface area contributed by atoms with Gasteiger partial charge in [0.25, 0.3) is 5.89 Å². The van der Waals surface area contributed by atoms with Crippen molar-refractivity contribution in [2.75, 3.05) is 19.7 Å². The van der Waals surface area contributed by atoms with Gasteiger partial charge in [0.1, 0.15) is 11.8 Å². The largest absolute Gasteiger partial charge is 0.492 e. The lowest BCUT2D eigenvalue weighted by Gasteiger charge is -2.33. The van der Waals surface area contributed by atoms with Crippen LogP contribution in [-0.2, 0) is 6.42 Å². The molecule has 1 unspecified atom stereocenters. The predicted octanol–water partition coefficient (Wildman–Crippen LogP) is 5.73. The van der Waals surface area contributed by atoms with Crippen LogP contribution in [0.5, 0.6) is 5.75 Å². The van der Waals surface area contributed by atoms with Crippen molar-refractivity contribution in [3.8, 4) is 34.7 Å². The highest BCUT2D eigenvalue weighted by atomic mass is 16.5. The Kier molecular flexibility index (Phi) is 6.79. The fraction of sp³-hybridized carbons (Fsp3) is 0.407. The Bertz CT molecular complexity index is 1270. The van der Waals surface area contributed by atoms with Crippen LogP contribution >= 0.6 is 0 Å². The number of benzene rings is 2. The van der Waals surface area contributed by atoms with Crippen LogP contribution in [0.25, 0.3) is 22.8 Å². The molecule has 4 rings (SSSR count). The van der Waals surface area contributed by atoms with E-state index in [0.29, 0.717) is 54.7 Å². The van der Waals surface area contributed by atoms with Crippen molar-refractivity contribution in [2.45, 2.75) is 46.5 Å². The summed E-state index contributed by atoms with van der Waals surface area (Å²) < 4.78 is 11.2. The van der Waals surface area contributed by atoms with Crippen LogP contribution in [0.4, 0.5) is 4.79 Å². The summed E-state index contributed by atoms with van der Waals surface area (Å²) in [6.45, 7) is 9.88. The van der Waals surface area contributed by atoms with E-state index in [0.717, 1.165) is 23.1 Å². The Morgan fingerprint density at radius 2 is 2.03 bits per heavy atom. The molecule has 2 aromatic carbocycles. The molecular formula is C27H30N4O4. The molecule has 0 bridgehead atoms. The summed E-state index contributed by atoms with van der Waals surface area (Å²) >= 11 is 0. The lowest BCUT2D eigenvalue weighted by Crippen LogP contribution is -2.36. The zero-order valence-corrected chi connectivity index (χ0v) is 20.5. The number of carboxylic acid groups (broad SMARTS) is 1. The zero-order valence-electron chi connectivity index (χ0n) is 20.5. The molecule has 0 radical (unpaired) electrons. The summed E-state index contributed by atoms with van der Waals surface area (Å²) in [5.74, 6) is 1.37. The molecule has 1 N–H and O–H groups in total. The van der Waals surface area contributed by atoms with E-state index in [9.17, 15) is 15.2 Å². The van der Waals surface area contributed by atoms with Crippen molar-refractivity contribution < 1.29 is 19.2 Å². The minimum absolute atomic E-state index is 0.0730. The van der Waals surface area contributed by atoms with Crippen molar-refractivity contribution in [1.82, 2.24) is 15.0 Å². The monoisotopic (exact) mass is 474 g/mol. The summed E-state index contributed by atoms with van der Waals surface area (Å²) in [6.07, 6.45) is 0.584. The van der Waals surface area contributed by atoms with E-state index in [1.54, 1.807) is 18.2 Å². The molecule has 35 heavy (non-hydrogen) atoms. The summed E-state index contributed by atoms with van der Waals surface area (Å²) in [5.41, 5.74) is 4.02. The van der Waals surface area contributed by atoms with Crippen molar-refractivity contribution in [3.05, 3.63) is 53.1 Å². The quantitative estimate of drug-likeness (QED) is 0.502. The molecule has 8 heteroatoms. The van der Waals surface area contributed by atoms with E-state index in [4.69, 9.17) is 9.26 Å². The number of amides is 1. The van der Waals surface area contributed by atoms with Crippen LogP contribution in [-0.4, -0.2) is 45.9 Å². The molecule has 8 nitrogen and oxygen atoms in total. The minimum atomic E-state index is -0.891. The number of hydrogen-bond donors (Lipinski definition) is 1. The maximum Gasteiger partial charge on any atom is 0.407 e. The molecule has 0 fully saturated rings. The molecule has 0 spiro atoms. The second-order valence-electron chi connectivity index (χ2n) is 9.91. The number of rotatable bonds is 5. The number of aromatic nitrogens is 2. The van der Waals surface area contributed by atoms with Crippen LogP contribution in [0.15, 0.2) is 40.9 Å². The normalized spacial score (nSPS) is 15.7. The van der Waals surface area contributed by atoms with Gasteiger partial charge in [-0.05, 0) is 53.6 Å². The van der Waals surface area contributed by atoms with E-state index in [1.165, 1.54) is 4.90 Å². The molecule has 0 saturated carbocycles. The fourth-order valence-corrected chi connectivity index (χ4v) is 4.43. The minimum Gasteiger partial charge on any atom is -0.492 e. The van der Waals surface area contributed by atoms with Crippen LogP contribution in [0.1, 0.15) is 56.7 Å². The van der Waals surface area contributed by atoms with E-state index in [-0.39, 0.29) is 11.3 Å². The summed E-state index contributed by atoms with van der Waals surface area (Å²) in [7, 11) is 0. The third kappa shape index (κ3) is 5.14. The molecule has 1 aliphatic heterocycles. The summed E-state index contributed by atoms with van der Waals surface area (Å²) in [4.78, 5) is 17.8. The second kappa shape index (κ2) is 9.79. The number of hydrogen-bond acceptors (Lipinski definition) is 6. The molecule has 3 aromatic rings. The van der Waals surface area contributed by atoms with E-state index < -0.39 is 6.09 Å². The molecule has 182 valence electrons. The SMILES string of the molecule is CCCOc1ccc(-c2nc(-c3ccc4c(c3)CCN(C(=O)O)CC4C(C)(C)C)no2)cc1C#N. The highest BCUT2D eigenvalue weighted by Crippen LogP contribution is 2.40. The average Bonchev–Trinajstić information content (AvgIpc) is 3.23. The van der Waals surface area contributed by atoms with Gasteiger partial charge < -0.3 is 19.3 Å². The molecule has 1 atom stereocenters. The van der Waals surface area contributed by atoms with Crippen molar-refractivity contribution >= 4 is 6.09 Å². The van der Waals surface area contributed by atoms with Crippen LogP contribution in [0.3, 0.4) is 0 Å². The molecule has 0 aliphatic carbocycles. The van der Waals surface area contributed by atoms with Gasteiger partial charge in [0, 0.05) is 30.1 Å². The summed E-state index contributed by atoms with van der Waals surface area (Å²) in [5, 5.41) is 23.3. The van der Waals surface area contributed by atoms with Gasteiger partial charge in [0.15, 0.2) is 0 Å². The first-order chi connectivity index (χ1) is 16.7. The average molecular weight is 475 g/mol. The third-order valence-electron chi connectivity index (χ3n) is 6.38. The van der Waals surface area contributed by atoms with Gasteiger partial charge in [-0.2, -0.15) is 10.2 Å². The highest BCUT2D eigenvalue weighted by molar-refractivity contribution is 5.66. The molecule has 1 aromatic heterocycles. The lowest BCUT2D eigenvalue weighted by atomic mass is 9.75. The maximum absolute atomic E-state index is 11.7. The Balaban J connectivity index is 1.65. The first-order valence-electron chi connectivity index (χ1n) is 11.8. The van der Waals surface area contributed by atoms with Crippen LogP contribution in [0.2, 0.25) is 0 Å². The fourth-order valence-electron chi connectivity index (χ4n) is 4.43. The highest BCUT2D eigenvalue weighted by Gasteiger charge is 2.33. The smallest absolute Gasteiger partial charge is 0.407 e. The molecular weight excluding hydrogens is 444 g/mol. The topological polar surface area (TPSA) is 112 Å². The molecule has 1 aliphatic rings.